The lowest BCUT2D eigenvalue weighted by Crippen LogP contribution is -2.35. The molecule has 0 fully saturated rings. The minimum atomic E-state index is -0.383. The molecule has 146 valence electrons. The molecule has 0 amide bonds. The van der Waals surface area contributed by atoms with Gasteiger partial charge in [-0.2, -0.15) is 0 Å². The summed E-state index contributed by atoms with van der Waals surface area (Å²) in [5.41, 5.74) is 0. The Morgan fingerprint density at radius 3 is 2.08 bits per heavy atom. The van der Waals surface area contributed by atoms with Crippen LogP contribution in [0.3, 0.4) is 0 Å². The summed E-state index contributed by atoms with van der Waals surface area (Å²) in [6.07, 6.45) is 22.8. The van der Waals surface area contributed by atoms with Gasteiger partial charge in [0.25, 0.3) is 0 Å². The van der Waals surface area contributed by atoms with Crippen LogP contribution < -0.4 is 0 Å². The Labute approximate surface area is 156 Å². The molecular weight excluding hydrogens is 308 g/mol. The highest BCUT2D eigenvalue weighted by atomic mass is 16.3. The van der Waals surface area contributed by atoms with Crippen LogP contribution in [0.25, 0.3) is 0 Å². The monoisotopic (exact) mass is 350 g/mol. The number of rotatable bonds is 16. The molecule has 0 aromatic carbocycles. The Bertz CT molecular complexity index is 363. The van der Waals surface area contributed by atoms with Gasteiger partial charge in [0.2, 0.25) is 0 Å². The molecule has 1 heterocycles. The van der Waals surface area contributed by atoms with E-state index in [1.54, 1.807) is 0 Å². The first-order valence-electron chi connectivity index (χ1n) is 10.9. The van der Waals surface area contributed by atoms with E-state index >= 15 is 0 Å². The molecule has 0 aliphatic carbocycles. The normalized spacial score (nSPS) is 16.0. The van der Waals surface area contributed by atoms with Crippen LogP contribution in [0.1, 0.15) is 104 Å². The van der Waals surface area contributed by atoms with Crippen molar-refractivity contribution in [2.75, 3.05) is 13.1 Å². The predicted molar refractivity (Wildman–Crippen MR) is 110 cm³/mol. The molecular formula is C22H42N2O. The molecule has 1 N–H and O–H groups in total. The molecule has 3 nitrogen and oxygen atoms in total. The molecule has 0 bridgehead atoms. The lowest BCUT2D eigenvalue weighted by Gasteiger charge is -2.23. The van der Waals surface area contributed by atoms with Crippen molar-refractivity contribution in [2.24, 2.45) is 4.99 Å². The Hall–Kier alpha value is -0.830. The highest BCUT2D eigenvalue weighted by molar-refractivity contribution is 5.83. The molecule has 0 saturated heterocycles. The SMILES string of the molecule is CCCCCC/C=C/CCCCCCCCCC1=NCCN1C(C)O. The molecule has 1 aliphatic heterocycles. The smallest absolute Gasteiger partial charge is 0.125 e. The average molecular weight is 351 g/mol. The fourth-order valence-corrected chi connectivity index (χ4v) is 3.49. The van der Waals surface area contributed by atoms with Gasteiger partial charge >= 0.3 is 0 Å². The summed E-state index contributed by atoms with van der Waals surface area (Å²) in [5.74, 6) is 1.12. The van der Waals surface area contributed by atoms with E-state index in [-0.39, 0.29) is 6.23 Å². The first-order chi connectivity index (χ1) is 12.3. The van der Waals surface area contributed by atoms with Crippen LogP contribution in [0.5, 0.6) is 0 Å². The number of aliphatic imine (C=N–C) groups is 1. The van der Waals surface area contributed by atoms with E-state index in [0.29, 0.717) is 0 Å². The second kappa shape index (κ2) is 15.4. The van der Waals surface area contributed by atoms with Crippen LogP contribution in [-0.4, -0.2) is 35.2 Å². The van der Waals surface area contributed by atoms with E-state index in [4.69, 9.17) is 0 Å². The standard InChI is InChI=1S/C22H42N2O/c1-3-4-5-6-7-8-9-10-11-12-13-14-15-16-17-18-22-23-19-20-24(22)21(2)25/h8-9,21,25H,3-7,10-20H2,1-2H3/b9-8+. The zero-order valence-electron chi connectivity index (χ0n) is 16.9. The largest absolute Gasteiger partial charge is 0.374 e. The molecule has 25 heavy (non-hydrogen) atoms. The minimum Gasteiger partial charge on any atom is -0.374 e. The van der Waals surface area contributed by atoms with Crippen LogP contribution >= 0.6 is 0 Å². The van der Waals surface area contributed by atoms with Gasteiger partial charge in [-0.25, -0.2) is 0 Å². The third-order valence-electron chi connectivity index (χ3n) is 5.08. The zero-order valence-corrected chi connectivity index (χ0v) is 16.9. The number of aliphatic hydroxyl groups excluding tert-OH is 1. The fourth-order valence-electron chi connectivity index (χ4n) is 3.49. The van der Waals surface area contributed by atoms with Gasteiger partial charge in [0.1, 0.15) is 12.1 Å². The zero-order chi connectivity index (χ0) is 18.2. The highest BCUT2D eigenvalue weighted by Gasteiger charge is 2.19. The maximum absolute atomic E-state index is 9.69. The average Bonchev–Trinajstić information content (AvgIpc) is 3.07. The van der Waals surface area contributed by atoms with E-state index in [9.17, 15) is 5.11 Å². The van der Waals surface area contributed by atoms with Gasteiger partial charge in [0.05, 0.1) is 6.54 Å². The van der Waals surface area contributed by atoms with Crippen molar-refractivity contribution in [1.82, 2.24) is 4.90 Å². The van der Waals surface area contributed by atoms with E-state index in [1.807, 2.05) is 11.8 Å². The van der Waals surface area contributed by atoms with Gasteiger partial charge in [0, 0.05) is 13.0 Å². The number of amidine groups is 1. The number of allylic oxidation sites excluding steroid dienone is 2. The molecule has 0 saturated carbocycles. The third-order valence-corrected chi connectivity index (χ3v) is 5.08. The predicted octanol–water partition coefficient (Wildman–Crippen LogP) is 6.08. The van der Waals surface area contributed by atoms with Crippen LogP contribution in [0.15, 0.2) is 17.1 Å². The van der Waals surface area contributed by atoms with Crippen LogP contribution in [0, 0.1) is 0 Å². The topological polar surface area (TPSA) is 35.8 Å². The lowest BCUT2D eigenvalue weighted by atomic mass is 10.1. The molecule has 1 rings (SSSR count). The van der Waals surface area contributed by atoms with E-state index in [1.165, 1.54) is 83.5 Å². The van der Waals surface area contributed by atoms with Gasteiger partial charge in [-0.3, -0.25) is 4.99 Å². The summed E-state index contributed by atoms with van der Waals surface area (Å²) in [4.78, 5) is 6.56. The minimum absolute atomic E-state index is 0.383. The quantitative estimate of drug-likeness (QED) is 0.270. The van der Waals surface area contributed by atoms with E-state index < -0.39 is 0 Å². The maximum Gasteiger partial charge on any atom is 0.125 e. The molecule has 0 aromatic heterocycles. The first-order valence-corrected chi connectivity index (χ1v) is 10.9. The summed E-state index contributed by atoms with van der Waals surface area (Å²) in [6.45, 7) is 5.85. The fraction of sp³-hybridized carbons (Fsp3) is 0.864. The number of hydrogen-bond donors (Lipinski definition) is 1. The van der Waals surface area contributed by atoms with Gasteiger partial charge < -0.3 is 10.0 Å². The third kappa shape index (κ3) is 11.4. The lowest BCUT2D eigenvalue weighted by molar-refractivity contribution is 0.0766. The van der Waals surface area contributed by atoms with Crippen molar-refractivity contribution in [3.05, 3.63) is 12.2 Å². The number of unbranched alkanes of at least 4 members (excludes halogenated alkanes) is 11. The van der Waals surface area contributed by atoms with Crippen molar-refractivity contribution >= 4 is 5.84 Å². The molecule has 0 spiro atoms. The summed E-state index contributed by atoms with van der Waals surface area (Å²) in [7, 11) is 0. The molecule has 0 aromatic rings. The summed E-state index contributed by atoms with van der Waals surface area (Å²) in [6, 6.07) is 0. The molecule has 1 unspecified atom stereocenters. The van der Waals surface area contributed by atoms with Crippen molar-refractivity contribution in [3.8, 4) is 0 Å². The van der Waals surface area contributed by atoms with Gasteiger partial charge in [-0.05, 0) is 39.0 Å². The van der Waals surface area contributed by atoms with Crippen molar-refractivity contribution < 1.29 is 5.11 Å². The Morgan fingerprint density at radius 2 is 1.48 bits per heavy atom. The van der Waals surface area contributed by atoms with Crippen LogP contribution in [0.2, 0.25) is 0 Å². The number of aliphatic hydroxyl groups is 1. The Kier molecular flexibility index (Phi) is 13.7. The van der Waals surface area contributed by atoms with Gasteiger partial charge in [0.15, 0.2) is 0 Å². The van der Waals surface area contributed by atoms with Crippen molar-refractivity contribution in [2.45, 2.75) is 110 Å². The molecule has 1 atom stereocenters. The second-order valence-corrected chi connectivity index (χ2v) is 7.46. The number of nitrogens with zero attached hydrogens (tertiary/aromatic N) is 2. The Morgan fingerprint density at radius 1 is 0.920 bits per heavy atom. The summed E-state index contributed by atoms with van der Waals surface area (Å²) in [5, 5.41) is 9.69. The summed E-state index contributed by atoms with van der Waals surface area (Å²) < 4.78 is 0. The van der Waals surface area contributed by atoms with Crippen molar-refractivity contribution in [3.63, 3.8) is 0 Å². The van der Waals surface area contributed by atoms with Crippen LogP contribution in [0.4, 0.5) is 0 Å². The van der Waals surface area contributed by atoms with E-state index in [0.717, 1.165) is 25.3 Å². The Balaban J connectivity index is 1.82. The molecule has 3 heteroatoms. The van der Waals surface area contributed by atoms with Crippen LogP contribution in [-0.2, 0) is 0 Å². The maximum atomic E-state index is 9.69. The van der Waals surface area contributed by atoms with Gasteiger partial charge in [-0.15, -0.1) is 0 Å². The second-order valence-electron chi connectivity index (χ2n) is 7.46. The summed E-state index contributed by atoms with van der Waals surface area (Å²) >= 11 is 0. The number of hydrogen-bond acceptors (Lipinski definition) is 3. The molecule has 0 radical (unpaired) electrons. The van der Waals surface area contributed by atoms with Crippen molar-refractivity contribution in [1.29, 1.82) is 0 Å². The highest BCUT2D eigenvalue weighted by Crippen LogP contribution is 2.14. The van der Waals surface area contributed by atoms with E-state index in [2.05, 4.69) is 24.1 Å². The van der Waals surface area contributed by atoms with Gasteiger partial charge in [-0.1, -0.05) is 70.4 Å². The molecule has 1 aliphatic rings. The first kappa shape index (κ1) is 22.2.